The Labute approximate surface area is 116 Å². The first-order valence-corrected chi connectivity index (χ1v) is 7.06. The van der Waals surface area contributed by atoms with Crippen LogP contribution in [-0.4, -0.2) is 17.6 Å². The van der Waals surface area contributed by atoms with Gasteiger partial charge >= 0.3 is 0 Å². The van der Waals surface area contributed by atoms with Gasteiger partial charge in [-0.1, -0.05) is 12.8 Å². The van der Waals surface area contributed by atoms with Crippen molar-refractivity contribution in [2.45, 2.75) is 31.7 Å². The first-order valence-electron chi connectivity index (χ1n) is 6.27. The highest BCUT2D eigenvalue weighted by atomic mass is 79.9. The molecule has 2 rings (SSSR count). The molecule has 1 unspecified atom stereocenters. The van der Waals surface area contributed by atoms with Crippen molar-refractivity contribution in [3.63, 3.8) is 0 Å². The molecule has 0 aromatic carbocycles. The van der Waals surface area contributed by atoms with Crippen LogP contribution in [0.4, 0.5) is 5.82 Å². The molecule has 5 heteroatoms. The van der Waals surface area contributed by atoms with Crippen molar-refractivity contribution in [1.82, 2.24) is 4.98 Å². The average molecular weight is 309 g/mol. The van der Waals surface area contributed by atoms with Crippen LogP contribution in [-0.2, 0) is 0 Å². The Hall–Kier alpha value is -1.12. The van der Waals surface area contributed by atoms with Gasteiger partial charge in [-0.2, -0.15) is 5.26 Å². The first kappa shape index (κ1) is 13.3. The van der Waals surface area contributed by atoms with Gasteiger partial charge < -0.3 is 11.1 Å². The third-order valence-corrected chi connectivity index (χ3v) is 3.95. The minimum Gasteiger partial charge on any atom is -0.365 e. The van der Waals surface area contributed by atoms with E-state index >= 15 is 0 Å². The van der Waals surface area contributed by atoms with E-state index in [1.54, 1.807) is 12.3 Å². The molecule has 1 aromatic heterocycles. The molecule has 18 heavy (non-hydrogen) atoms. The fraction of sp³-hybridized carbons (Fsp3) is 0.538. The molecule has 0 amide bonds. The molecule has 0 radical (unpaired) electrons. The number of nitrogens with zero attached hydrogens (tertiary/aromatic N) is 2. The van der Waals surface area contributed by atoms with Gasteiger partial charge in [-0.15, -0.1) is 0 Å². The largest absolute Gasteiger partial charge is 0.365 e. The average Bonchev–Trinajstić information content (AvgIpc) is 2.91. The molecule has 1 atom stereocenters. The second kappa shape index (κ2) is 6.17. The number of halogens is 1. The summed E-state index contributed by atoms with van der Waals surface area (Å²) < 4.78 is 0.815. The number of anilines is 1. The lowest BCUT2D eigenvalue weighted by Gasteiger charge is -2.24. The lowest BCUT2D eigenvalue weighted by Crippen LogP contribution is -2.35. The summed E-state index contributed by atoms with van der Waals surface area (Å²) in [5, 5.41) is 12.4. The molecule has 1 aliphatic carbocycles. The highest BCUT2D eigenvalue weighted by Crippen LogP contribution is 2.29. The lowest BCUT2D eigenvalue weighted by atomic mass is 9.98. The zero-order valence-corrected chi connectivity index (χ0v) is 11.8. The molecule has 3 N–H and O–H groups in total. The molecule has 1 aromatic rings. The van der Waals surface area contributed by atoms with Crippen molar-refractivity contribution in [3.05, 3.63) is 22.3 Å². The van der Waals surface area contributed by atoms with Crippen molar-refractivity contribution in [1.29, 1.82) is 5.26 Å². The summed E-state index contributed by atoms with van der Waals surface area (Å²) in [6.45, 7) is 0.577. The monoisotopic (exact) mass is 308 g/mol. The summed E-state index contributed by atoms with van der Waals surface area (Å²) in [7, 11) is 0. The standard InChI is InChI=1S/C13H17BrN4/c14-11-5-10(6-15)13(17-8-11)18-12(7-16)9-3-1-2-4-9/h5,8-9,12H,1-4,7,16H2,(H,17,18). The van der Waals surface area contributed by atoms with E-state index in [9.17, 15) is 0 Å². The smallest absolute Gasteiger partial charge is 0.144 e. The summed E-state index contributed by atoms with van der Waals surface area (Å²) in [6.07, 6.45) is 6.69. The van der Waals surface area contributed by atoms with Crippen molar-refractivity contribution in [2.24, 2.45) is 11.7 Å². The van der Waals surface area contributed by atoms with E-state index in [1.165, 1.54) is 25.7 Å². The van der Waals surface area contributed by atoms with Crippen LogP contribution >= 0.6 is 15.9 Å². The van der Waals surface area contributed by atoms with Gasteiger partial charge in [0.2, 0.25) is 0 Å². The van der Waals surface area contributed by atoms with E-state index < -0.39 is 0 Å². The van der Waals surface area contributed by atoms with E-state index in [1.807, 2.05) is 0 Å². The van der Waals surface area contributed by atoms with Crippen molar-refractivity contribution >= 4 is 21.7 Å². The van der Waals surface area contributed by atoms with E-state index in [-0.39, 0.29) is 6.04 Å². The number of pyridine rings is 1. The lowest BCUT2D eigenvalue weighted by molar-refractivity contribution is 0.461. The predicted molar refractivity (Wildman–Crippen MR) is 75.1 cm³/mol. The molecule has 0 aliphatic heterocycles. The maximum Gasteiger partial charge on any atom is 0.144 e. The summed E-state index contributed by atoms with van der Waals surface area (Å²) in [5.74, 6) is 1.25. The SMILES string of the molecule is N#Cc1cc(Br)cnc1NC(CN)C1CCCC1. The number of rotatable bonds is 4. The quantitative estimate of drug-likeness (QED) is 0.896. The van der Waals surface area contributed by atoms with Gasteiger partial charge in [0.25, 0.3) is 0 Å². The summed E-state index contributed by atoms with van der Waals surface area (Å²) in [4.78, 5) is 4.27. The van der Waals surface area contributed by atoms with Crippen LogP contribution < -0.4 is 11.1 Å². The Morgan fingerprint density at radius 2 is 2.28 bits per heavy atom. The van der Waals surface area contributed by atoms with Crippen molar-refractivity contribution in [2.75, 3.05) is 11.9 Å². The minimum absolute atomic E-state index is 0.216. The van der Waals surface area contributed by atoms with Crippen LogP contribution in [0.15, 0.2) is 16.7 Å². The normalized spacial score (nSPS) is 17.4. The number of nitrogens with two attached hydrogens (primary N) is 1. The first-order chi connectivity index (χ1) is 8.74. The molecule has 1 heterocycles. The molecular weight excluding hydrogens is 292 g/mol. The number of hydrogen-bond donors (Lipinski definition) is 2. The van der Waals surface area contributed by atoms with Crippen molar-refractivity contribution < 1.29 is 0 Å². The van der Waals surface area contributed by atoms with Crippen LogP contribution in [0.3, 0.4) is 0 Å². The Kier molecular flexibility index (Phi) is 4.56. The van der Waals surface area contributed by atoms with Crippen LogP contribution in [0.1, 0.15) is 31.2 Å². The zero-order valence-electron chi connectivity index (χ0n) is 10.2. The summed E-state index contributed by atoms with van der Waals surface area (Å²) in [5.41, 5.74) is 6.40. The number of aromatic nitrogens is 1. The van der Waals surface area contributed by atoms with Crippen LogP contribution in [0, 0.1) is 17.2 Å². The Bertz CT molecular complexity index is 449. The van der Waals surface area contributed by atoms with Gasteiger partial charge in [0, 0.05) is 23.3 Å². The molecular formula is C13H17BrN4. The Morgan fingerprint density at radius 3 is 2.89 bits per heavy atom. The molecule has 0 bridgehead atoms. The fourth-order valence-electron chi connectivity index (χ4n) is 2.54. The van der Waals surface area contributed by atoms with E-state index in [4.69, 9.17) is 11.0 Å². The zero-order chi connectivity index (χ0) is 13.0. The van der Waals surface area contributed by atoms with Crippen LogP contribution in [0.25, 0.3) is 0 Å². The van der Waals surface area contributed by atoms with Gasteiger partial charge in [-0.25, -0.2) is 4.98 Å². The van der Waals surface area contributed by atoms with Gasteiger partial charge in [0.05, 0.1) is 5.56 Å². The molecule has 0 spiro atoms. The van der Waals surface area contributed by atoms with Gasteiger partial charge in [0.15, 0.2) is 0 Å². The number of hydrogen-bond acceptors (Lipinski definition) is 4. The highest BCUT2D eigenvalue weighted by Gasteiger charge is 2.24. The fourth-order valence-corrected chi connectivity index (χ4v) is 2.88. The second-order valence-electron chi connectivity index (χ2n) is 4.69. The van der Waals surface area contributed by atoms with E-state index in [2.05, 4.69) is 32.3 Å². The highest BCUT2D eigenvalue weighted by molar-refractivity contribution is 9.10. The van der Waals surface area contributed by atoms with Gasteiger partial charge in [-0.05, 0) is 40.8 Å². The summed E-state index contributed by atoms with van der Waals surface area (Å²) in [6, 6.07) is 4.15. The summed E-state index contributed by atoms with van der Waals surface area (Å²) >= 11 is 3.32. The number of nitrogens with one attached hydrogen (secondary N) is 1. The topological polar surface area (TPSA) is 74.7 Å². The molecule has 1 saturated carbocycles. The predicted octanol–water partition coefficient (Wildman–Crippen LogP) is 2.65. The third-order valence-electron chi connectivity index (χ3n) is 3.52. The molecule has 1 aliphatic rings. The van der Waals surface area contributed by atoms with Crippen LogP contribution in [0.5, 0.6) is 0 Å². The molecule has 1 fully saturated rings. The molecule has 0 saturated heterocycles. The molecule has 4 nitrogen and oxygen atoms in total. The Morgan fingerprint density at radius 1 is 1.56 bits per heavy atom. The minimum atomic E-state index is 0.216. The second-order valence-corrected chi connectivity index (χ2v) is 5.61. The third kappa shape index (κ3) is 3.01. The van der Waals surface area contributed by atoms with E-state index in [0.29, 0.717) is 23.8 Å². The van der Waals surface area contributed by atoms with E-state index in [0.717, 1.165) is 4.47 Å². The maximum atomic E-state index is 9.11. The van der Waals surface area contributed by atoms with Gasteiger partial charge in [0.1, 0.15) is 11.9 Å². The molecule has 96 valence electrons. The van der Waals surface area contributed by atoms with Crippen LogP contribution in [0.2, 0.25) is 0 Å². The number of nitriles is 1. The van der Waals surface area contributed by atoms with Gasteiger partial charge in [-0.3, -0.25) is 0 Å². The maximum absolute atomic E-state index is 9.11. The van der Waals surface area contributed by atoms with Crippen molar-refractivity contribution in [3.8, 4) is 6.07 Å². The Balaban J connectivity index is 2.14.